The van der Waals surface area contributed by atoms with E-state index in [-0.39, 0.29) is 24.6 Å². The monoisotopic (exact) mass is 452 g/mol. The fourth-order valence-corrected chi connectivity index (χ4v) is 4.34. The number of amides is 2. The van der Waals surface area contributed by atoms with E-state index in [4.69, 9.17) is 14.7 Å². The van der Waals surface area contributed by atoms with Crippen molar-refractivity contribution in [3.63, 3.8) is 0 Å². The molecule has 172 valence electrons. The Morgan fingerprint density at radius 3 is 2.88 bits per heavy atom. The van der Waals surface area contributed by atoms with Gasteiger partial charge in [-0.25, -0.2) is 19.2 Å². The highest BCUT2D eigenvalue weighted by molar-refractivity contribution is 5.99. The van der Waals surface area contributed by atoms with E-state index in [0.29, 0.717) is 30.8 Å². The van der Waals surface area contributed by atoms with Gasteiger partial charge in [0.1, 0.15) is 24.6 Å². The summed E-state index contributed by atoms with van der Waals surface area (Å²) < 4.78 is 16.8. The first-order valence-electron chi connectivity index (χ1n) is 11.1. The average Bonchev–Trinajstić information content (AvgIpc) is 3.21. The van der Waals surface area contributed by atoms with Crippen LogP contribution in [0.25, 0.3) is 22.3 Å². The van der Waals surface area contributed by atoms with Crippen LogP contribution in [0.5, 0.6) is 0 Å². The quantitative estimate of drug-likeness (QED) is 0.456. The number of benzene rings is 1. The van der Waals surface area contributed by atoms with Gasteiger partial charge in [-0.15, -0.1) is 0 Å². The summed E-state index contributed by atoms with van der Waals surface area (Å²) in [5, 5.41) is 9.02. The van der Waals surface area contributed by atoms with Gasteiger partial charge in [0, 0.05) is 42.0 Å². The van der Waals surface area contributed by atoms with E-state index in [1.54, 1.807) is 0 Å². The normalized spacial score (nSPS) is 19.4. The van der Waals surface area contributed by atoms with Gasteiger partial charge in [-0.3, -0.25) is 4.79 Å². The first kappa shape index (κ1) is 21.2. The van der Waals surface area contributed by atoms with Crippen LogP contribution in [0.3, 0.4) is 0 Å². The molecule has 4 N–H and O–H groups in total. The molecule has 10 heteroatoms. The summed E-state index contributed by atoms with van der Waals surface area (Å²) in [4.78, 5) is 36.7. The van der Waals surface area contributed by atoms with E-state index >= 15 is 0 Å². The van der Waals surface area contributed by atoms with E-state index in [2.05, 4.69) is 20.9 Å². The summed E-state index contributed by atoms with van der Waals surface area (Å²) in [5.41, 5.74) is 5.63. The summed E-state index contributed by atoms with van der Waals surface area (Å²) in [6.45, 7) is 1.60. The number of aromatic amines is 1. The number of rotatable bonds is 6. The minimum atomic E-state index is -0.692. The summed E-state index contributed by atoms with van der Waals surface area (Å²) in [6.07, 6.45) is 1.60. The number of hydrogen-bond acceptors (Lipinski definition) is 6. The number of halogens is 1. The highest BCUT2D eigenvalue weighted by Gasteiger charge is 2.31. The van der Waals surface area contributed by atoms with Gasteiger partial charge in [-0.05, 0) is 31.9 Å². The molecule has 5 rings (SSSR count). The van der Waals surface area contributed by atoms with E-state index in [1.165, 1.54) is 0 Å². The average molecular weight is 452 g/mol. The molecule has 1 saturated carbocycles. The van der Waals surface area contributed by atoms with Crippen LogP contribution >= 0.6 is 0 Å². The van der Waals surface area contributed by atoms with Gasteiger partial charge in [0.25, 0.3) is 5.91 Å². The maximum Gasteiger partial charge on any atom is 0.407 e. The molecule has 3 heterocycles. The van der Waals surface area contributed by atoms with E-state index in [0.717, 1.165) is 40.1 Å². The number of H-pyrrole nitrogens is 1. The molecule has 1 aliphatic carbocycles. The third-order valence-electron chi connectivity index (χ3n) is 6.08. The topological polar surface area (TPSA) is 121 Å². The second-order valence-electron chi connectivity index (χ2n) is 8.39. The first-order chi connectivity index (χ1) is 16.0. The molecule has 9 nitrogen and oxygen atoms in total. The van der Waals surface area contributed by atoms with Crippen LogP contribution in [0, 0.1) is 6.92 Å². The van der Waals surface area contributed by atoms with Crippen molar-refractivity contribution in [1.29, 1.82) is 0 Å². The molecule has 0 radical (unpaired) electrons. The predicted molar refractivity (Wildman–Crippen MR) is 121 cm³/mol. The van der Waals surface area contributed by atoms with Crippen LogP contribution in [-0.4, -0.2) is 58.9 Å². The third kappa shape index (κ3) is 4.20. The van der Waals surface area contributed by atoms with Gasteiger partial charge in [0.15, 0.2) is 0 Å². The maximum atomic E-state index is 12.2. The third-order valence-corrected chi connectivity index (χ3v) is 6.08. The molecule has 33 heavy (non-hydrogen) atoms. The molecule has 0 bridgehead atoms. The summed E-state index contributed by atoms with van der Waals surface area (Å²) >= 11 is 0. The standard InChI is InChI=1S/C23H25FN6O3/c1-12-21(27-13-9-14(10-13)28-23(32)33-8-6-24)30-20-15(3-2-4-18(20)26-12)19-11-16-17(29-19)5-7-25-22(16)31/h2-4,11,13-14,29H,5-10H2,1H3,(H,25,31)(H,27,30)(H,28,32). The number of fused-ring (bicyclic) bond motifs is 2. The second kappa shape index (κ2) is 8.68. The molecule has 1 fully saturated rings. The smallest absolute Gasteiger partial charge is 0.407 e. The number of aryl methyl sites for hydroxylation is 1. The lowest BCUT2D eigenvalue weighted by atomic mass is 9.87. The Kier molecular flexibility index (Phi) is 5.57. The number of nitrogens with zero attached hydrogens (tertiary/aromatic N) is 2. The zero-order valence-electron chi connectivity index (χ0n) is 18.2. The molecule has 1 aliphatic heterocycles. The molecule has 2 aromatic heterocycles. The second-order valence-corrected chi connectivity index (χ2v) is 8.39. The molecular weight excluding hydrogens is 427 g/mol. The number of para-hydroxylation sites is 1. The highest BCUT2D eigenvalue weighted by atomic mass is 19.1. The molecule has 0 unspecified atom stereocenters. The number of ether oxygens (including phenoxy) is 1. The molecule has 3 aromatic rings. The maximum absolute atomic E-state index is 12.2. The van der Waals surface area contributed by atoms with Crippen molar-refractivity contribution in [3.05, 3.63) is 41.2 Å². The molecule has 0 spiro atoms. The number of alkyl carbamates (subject to hydrolysis) is 1. The molecule has 2 aliphatic rings. The number of carbonyl (C=O) groups excluding carboxylic acids is 2. The summed E-state index contributed by atoms with van der Waals surface area (Å²) in [6, 6.07) is 7.81. The number of aromatic nitrogens is 3. The Balaban J connectivity index is 1.35. The van der Waals surface area contributed by atoms with Crippen LogP contribution in [0.4, 0.5) is 15.0 Å². The Labute approximate surface area is 189 Å². The van der Waals surface area contributed by atoms with Gasteiger partial charge in [0.2, 0.25) is 0 Å². The lowest BCUT2D eigenvalue weighted by Gasteiger charge is -2.36. The van der Waals surface area contributed by atoms with Crippen molar-refractivity contribution in [2.75, 3.05) is 25.1 Å². The van der Waals surface area contributed by atoms with Crippen molar-refractivity contribution < 1.29 is 18.7 Å². The zero-order valence-corrected chi connectivity index (χ0v) is 18.2. The van der Waals surface area contributed by atoms with Crippen molar-refractivity contribution in [3.8, 4) is 11.3 Å². The first-order valence-corrected chi connectivity index (χ1v) is 11.1. The van der Waals surface area contributed by atoms with Crippen LogP contribution < -0.4 is 16.0 Å². The van der Waals surface area contributed by atoms with Gasteiger partial charge < -0.3 is 25.7 Å². The van der Waals surface area contributed by atoms with Crippen LogP contribution in [0.2, 0.25) is 0 Å². The van der Waals surface area contributed by atoms with Gasteiger partial charge in [0.05, 0.1) is 16.8 Å². The predicted octanol–water partition coefficient (Wildman–Crippen LogP) is 2.86. The molecule has 1 aromatic carbocycles. The van der Waals surface area contributed by atoms with E-state index < -0.39 is 12.8 Å². The fourth-order valence-electron chi connectivity index (χ4n) is 4.34. The lowest BCUT2D eigenvalue weighted by Crippen LogP contribution is -2.50. The van der Waals surface area contributed by atoms with Crippen molar-refractivity contribution in [1.82, 2.24) is 25.6 Å². The Hall–Kier alpha value is -3.69. The SMILES string of the molecule is Cc1nc2cccc(-c3cc4c([nH]3)CCNC4=O)c2nc1NC1CC(NC(=O)OCCF)C1. The Bertz CT molecular complexity index is 1220. The number of nitrogens with one attached hydrogen (secondary N) is 4. The number of carbonyl (C=O) groups is 2. The lowest BCUT2D eigenvalue weighted by molar-refractivity contribution is 0.0946. The van der Waals surface area contributed by atoms with E-state index in [1.807, 2.05) is 31.2 Å². The number of alkyl halides is 1. The molecule has 2 amide bonds. The molecular formula is C23H25FN6O3. The van der Waals surface area contributed by atoms with Gasteiger partial charge in [-0.2, -0.15) is 0 Å². The molecule has 0 saturated heterocycles. The number of anilines is 1. The fraction of sp³-hybridized carbons (Fsp3) is 0.391. The Morgan fingerprint density at radius 2 is 2.09 bits per heavy atom. The van der Waals surface area contributed by atoms with Crippen LogP contribution in [0.15, 0.2) is 24.3 Å². The van der Waals surface area contributed by atoms with Crippen molar-refractivity contribution in [2.45, 2.75) is 38.3 Å². The van der Waals surface area contributed by atoms with E-state index in [9.17, 15) is 14.0 Å². The number of hydrogen-bond donors (Lipinski definition) is 4. The van der Waals surface area contributed by atoms with Crippen LogP contribution in [-0.2, 0) is 11.2 Å². The zero-order chi connectivity index (χ0) is 22.9. The minimum Gasteiger partial charge on any atom is -0.447 e. The summed E-state index contributed by atoms with van der Waals surface area (Å²) in [7, 11) is 0. The van der Waals surface area contributed by atoms with Crippen molar-refractivity contribution >= 4 is 28.9 Å². The summed E-state index contributed by atoms with van der Waals surface area (Å²) in [5.74, 6) is 0.623. The molecule has 0 atom stereocenters. The Morgan fingerprint density at radius 1 is 1.24 bits per heavy atom. The van der Waals surface area contributed by atoms with Gasteiger partial charge in [-0.1, -0.05) is 12.1 Å². The van der Waals surface area contributed by atoms with Crippen LogP contribution in [0.1, 0.15) is 34.6 Å². The largest absolute Gasteiger partial charge is 0.447 e. The van der Waals surface area contributed by atoms with Crippen molar-refractivity contribution in [2.24, 2.45) is 0 Å². The van der Waals surface area contributed by atoms with Gasteiger partial charge >= 0.3 is 6.09 Å². The highest BCUT2D eigenvalue weighted by Crippen LogP contribution is 2.31. The minimum absolute atomic E-state index is 0.0183.